The maximum absolute atomic E-state index is 12.8. The molecule has 0 spiro atoms. The van der Waals surface area contributed by atoms with Crippen LogP contribution in [0.3, 0.4) is 0 Å². The number of thiol groups is 1. The van der Waals surface area contributed by atoms with Gasteiger partial charge in [-0.3, -0.25) is 10.1 Å². The first kappa shape index (κ1) is 23.0. The summed E-state index contributed by atoms with van der Waals surface area (Å²) in [6.07, 6.45) is 0.0126. The lowest BCUT2D eigenvalue weighted by molar-refractivity contribution is -0.384. The zero-order chi connectivity index (χ0) is 22.3. The number of dihydropyridines is 1. The predicted octanol–water partition coefficient (Wildman–Crippen LogP) is 2.76. The van der Waals surface area contributed by atoms with E-state index >= 15 is 0 Å². The van der Waals surface area contributed by atoms with Crippen molar-refractivity contribution >= 4 is 30.3 Å². The first-order chi connectivity index (χ1) is 14.3. The highest BCUT2D eigenvalue weighted by Crippen LogP contribution is 2.40. The topological polar surface area (TPSA) is 132 Å². The van der Waals surface area contributed by atoms with Crippen LogP contribution in [0.1, 0.15) is 31.7 Å². The zero-order valence-corrected chi connectivity index (χ0v) is 17.4. The van der Waals surface area contributed by atoms with Gasteiger partial charge in [0.2, 0.25) is 0 Å². The molecule has 1 aliphatic heterocycles. The summed E-state index contributed by atoms with van der Waals surface area (Å²) in [5.41, 5.74) is 1.36. The van der Waals surface area contributed by atoms with Crippen LogP contribution in [0.15, 0.2) is 46.8 Å². The third-order valence-electron chi connectivity index (χ3n) is 4.39. The number of nitrogens with zero attached hydrogens (tertiary/aromatic N) is 2. The van der Waals surface area contributed by atoms with Crippen molar-refractivity contribution in [3.05, 3.63) is 62.5 Å². The number of hydrogen-bond donors (Lipinski definition) is 2. The molecule has 1 aromatic rings. The summed E-state index contributed by atoms with van der Waals surface area (Å²) < 4.78 is 10.4. The van der Waals surface area contributed by atoms with Crippen molar-refractivity contribution in [2.24, 2.45) is 0 Å². The van der Waals surface area contributed by atoms with Crippen LogP contribution in [0.2, 0.25) is 0 Å². The molecule has 1 unspecified atom stereocenters. The van der Waals surface area contributed by atoms with E-state index in [4.69, 9.17) is 14.7 Å². The maximum Gasteiger partial charge on any atom is 0.336 e. The van der Waals surface area contributed by atoms with E-state index in [2.05, 4.69) is 17.9 Å². The molecular formula is C20H21N3O6S. The first-order valence-corrected chi connectivity index (χ1v) is 9.70. The number of hydrogen-bond acceptors (Lipinski definition) is 9. The van der Waals surface area contributed by atoms with Crippen molar-refractivity contribution in [2.75, 3.05) is 19.0 Å². The van der Waals surface area contributed by atoms with E-state index in [-0.39, 0.29) is 36.5 Å². The summed E-state index contributed by atoms with van der Waals surface area (Å²) in [6.45, 7) is 3.24. The summed E-state index contributed by atoms with van der Waals surface area (Å²) in [5.74, 6) is -2.02. The molecule has 0 saturated heterocycles. The molecule has 10 heteroatoms. The predicted molar refractivity (Wildman–Crippen MR) is 110 cm³/mol. The number of nitro groups is 1. The number of esters is 2. The second-order valence-electron chi connectivity index (χ2n) is 6.39. The molecule has 0 amide bonds. The highest BCUT2D eigenvalue weighted by molar-refractivity contribution is 7.80. The van der Waals surface area contributed by atoms with E-state index in [1.807, 2.05) is 6.07 Å². The van der Waals surface area contributed by atoms with E-state index in [9.17, 15) is 19.7 Å². The molecule has 0 fully saturated rings. The number of nitriles is 1. The van der Waals surface area contributed by atoms with Crippen LogP contribution in [0, 0.1) is 21.4 Å². The summed E-state index contributed by atoms with van der Waals surface area (Å²) in [4.78, 5) is 36.3. The molecule has 0 aliphatic carbocycles. The number of carbonyl (C=O) groups excluding carboxylic acids is 2. The Kier molecular flexibility index (Phi) is 8.00. The van der Waals surface area contributed by atoms with Crippen LogP contribution in [0.4, 0.5) is 5.69 Å². The zero-order valence-electron chi connectivity index (χ0n) is 16.5. The highest BCUT2D eigenvalue weighted by atomic mass is 32.1. The Morgan fingerprint density at radius 1 is 1.20 bits per heavy atom. The third-order valence-corrected chi connectivity index (χ3v) is 4.57. The molecule has 0 saturated carbocycles. The van der Waals surface area contributed by atoms with Gasteiger partial charge in [-0.05, 0) is 19.4 Å². The van der Waals surface area contributed by atoms with Crippen molar-refractivity contribution in [3.63, 3.8) is 0 Å². The van der Waals surface area contributed by atoms with Gasteiger partial charge in [0.25, 0.3) is 5.69 Å². The molecule has 1 aliphatic rings. The molecular weight excluding hydrogens is 410 g/mol. The van der Waals surface area contributed by atoms with E-state index in [1.54, 1.807) is 19.9 Å². The fourth-order valence-corrected chi connectivity index (χ4v) is 3.26. The van der Waals surface area contributed by atoms with Crippen LogP contribution in [0.5, 0.6) is 0 Å². The molecule has 2 rings (SSSR count). The van der Waals surface area contributed by atoms with Crippen LogP contribution in [-0.4, -0.2) is 35.8 Å². The fraction of sp³-hybridized carbons (Fsp3) is 0.350. The van der Waals surface area contributed by atoms with Gasteiger partial charge >= 0.3 is 11.9 Å². The van der Waals surface area contributed by atoms with Crippen molar-refractivity contribution in [3.8, 4) is 6.07 Å². The highest BCUT2D eigenvalue weighted by Gasteiger charge is 2.38. The van der Waals surface area contributed by atoms with Crippen molar-refractivity contribution in [2.45, 2.75) is 26.2 Å². The molecule has 1 aromatic carbocycles. The van der Waals surface area contributed by atoms with Crippen molar-refractivity contribution in [1.82, 2.24) is 5.32 Å². The summed E-state index contributed by atoms with van der Waals surface area (Å²) in [5, 5.41) is 22.9. The molecule has 1 N–H and O–H groups in total. The molecule has 0 radical (unpaired) electrons. The average molecular weight is 431 g/mol. The molecule has 1 heterocycles. The standard InChI is InChI=1S/C20H21N3O6S/c1-12-16(19(24)28-8-4-7-21)18(14-5-3-6-15(11-14)23(26)27)17(13(2)22-12)20(25)29-9-10-30/h3,5-6,11,18,22,30H,4,8-10H2,1-2H3. The van der Waals surface area contributed by atoms with Crippen LogP contribution in [-0.2, 0) is 19.1 Å². The van der Waals surface area contributed by atoms with Crippen LogP contribution in [0.25, 0.3) is 0 Å². The minimum absolute atomic E-state index is 0.0126. The lowest BCUT2D eigenvalue weighted by Gasteiger charge is -2.30. The number of non-ortho nitro benzene ring substituents is 1. The van der Waals surface area contributed by atoms with Gasteiger partial charge in [-0.1, -0.05) is 12.1 Å². The summed E-state index contributed by atoms with van der Waals surface area (Å²) in [7, 11) is 0. The minimum Gasteiger partial charge on any atom is -0.461 e. The van der Waals surface area contributed by atoms with E-state index < -0.39 is 22.8 Å². The van der Waals surface area contributed by atoms with Gasteiger partial charge in [0.15, 0.2) is 0 Å². The number of nitro benzene ring substituents is 1. The average Bonchev–Trinajstić information content (AvgIpc) is 2.71. The van der Waals surface area contributed by atoms with Gasteiger partial charge in [0.05, 0.1) is 34.5 Å². The van der Waals surface area contributed by atoms with E-state index in [0.29, 0.717) is 22.7 Å². The van der Waals surface area contributed by atoms with Crippen LogP contribution >= 0.6 is 12.6 Å². The first-order valence-electron chi connectivity index (χ1n) is 9.06. The van der Waals surface area contributed by atoms with E-state index in [0.717, 1.165) is 0 Å². The number of allylic oxidation sites excluding steroid dienone is 2. The van der Waals surface area contributed by atoms with Gasteiger partial charge < -0.3 is 14.8 Å². The Labute approximate surface area is 178 Å². The van der Waals surface area contributed by atoms with Crippen LogP contribution < -0.4 is 5.32 Å². The Morgan fingerprint density at radius 3 is 2.33 bits per heavy atom. The van der Waals surface area contributed by atoms with Gasteiger partial charge in [0.1, 0.15) is 13.2 Å². The monoisotopic (exact) mass is 431 g/mol. The molecule has 9 nitrogen and oxygen atoms in total. The fourth-order valence-electron chi connectivity index (χ4n) is 3.17. The van der Waals surface area contributed by atoms with Crippen molar-refractivity contribution in [1.29, 1.82) is 5.26 Å². The molecule has 1 atom stereocenters. The number of rotatable bonds is 8. The number of carbonyl (C=O) groups is 2. The molecule has 158 valence electrons. The van der Waals surface area contributed by atoms with Gasteiger partial charge in [0, 0.05) is 29.3 Å². The van der Waals surface area contributed by atoms with E-state index in [1.165, 1.54) is 18.2 Å². The lowest BCUT2D eigenvalue weighted by Crippen LogP contribution is -2.32. The van der Waals surface area contributed by atoms with Crippen molar-refractivity contribution < 1.29 is 24.0 Å². The summed E-state index contributed by atoms with van der Waals surface area (Å²) in [6, 6.07) is 7.59. The number of benzene rings is 1. The Bertz CT molecular complexity index is 964. The SMILES string of the molecule is CC1=C(C(=O)OCCS)C(c2cccc([N+](=O)[O-])c2)C(C(=O)OCCC#N)=C(C)N1. The second-order valence-corrected chi connectivity index (χ2v) is 6.84. The Morgan fingerprint density at radius 2 is 1.80 bits per heavy atom. The lowest BCUT2D eigenvalue weighted by atomic mass is 9.80. The molecule has 0 bridgehead atoms. The Balaban J connectivity index is 2.59. The van der Waals surface area contributed by atoms with Gasteiger partial charge in [-0.15, -0.1) is 0 Å². The number of ether oxygens (including phenoxy) is 2. The second kappa shape index (κ2) is 10.5. The quantitative estimate of drug-likeness (QED) is 0.211. The normalized spacial score (nSPS) is 15.9. The molecule has 30 heavy (non-hydrogen) atoms. The third kappa shape index (κ3) is 5.18. The summed E-state index contributed by atoms with van der Waals surface area (Å²) >= 11 is 4.03. The molecule has 0 aromatic heterocycles. The smallest absolute Gasteiger partial charge is 0.336 e. The van der Waals surface area contributed by atoms with Gasteiger partial charge in [-0.2, -0.15) is 17.9 Å². The van der Waals surface area contributed by atoms with Gasteiger partial charge in [-0.25, -0.2) is 9.59 Å². The largest absolute Gasteiger partial charge is 0.461 e. The number of nitrogens with one attached hydrogen (secondary N) is 1. The Hall–Kier alpha value is -3.32. The maximum atomic E-state index is 12.8. The minimum atomic E-state index is -0.937.